The highest BCUT2D eigenvalue weighted by molar-refractivity contribution is 7.89. The summed E-state index contributed by atoms with van der Waals surface area (Å²) in [7, 11) is -3.63. The average Bonchev–Trinajstić information content (AvgIpc) is 2.44. The van der Waals surface area contributed by atoms with E-state index in [1.807, 2.05) is 31.2 Å². The maximum atomic E-state index is 12.2. The average molecular weight is 276 g/mol. The molecule has 0 saturated heterocycles. The molecule has 2 aromatic rings. The maximum Gasteiger partial charge on any atom is 0.277 e. The van der Waals surface area contributed by atoms with Crippen LogP contribution in [0, 0.1) is 0 Å². The Balaban J connectivity index is 2.49. The van der Waals surface area contributed by atoms with Crippen LogP contribution in [-0.2, 0) is 10.0 Å². The second-order valence-corrected chi connectivity index (χ2v) is 5.90. The molecule has 0 unspecified atom stereocenters. The number of sulfonamides is 1. The minimum Gasteiger partial charge on any atom is -0.200 e. The largest absolute Gasteiger partial charge is 0.277 e. The van der Waals surface area contributed by atoms with Crippen LogP contribution in [0.1, 0.15) is 20.3 Å². The topological polar surface area (TPSA) is 58.5 Å². The van der Waals surface area contributed by atoms with Gasteiger partial charge in [-0.25, -0.2) is 4.83 Å². The molecule has 4 nitrogen and oxygen atoms in total. The summed E-state index contributed by atoms with van der Waals surface area (Å²) in [4.78, 5) is 2.53. The van der Waals surface area contributed by atoms with E-state index in [2.05, 4.69) is 9.93 Å². The molecule has 0 aliphatic heterocycles. The number of hydrogen-bond donors (Lipinski definition) is 1. The van der Waals surface area contributed by atoms with Crippen molar-refractivity contribution in [3.8, 4) is 0 Å². The van der Waals surface area contributed by atoms with E-state index in [9.17, 15) is 8.42 Å². The number of hydrogen-bond acceptors (Lipinski definition) is 3. The van der Waals surface area contributed by atoms with Gasteiger partial charge in [-0.2, -0.15) is 13.5 Å². The summed E-state index contributed by atoms with van der Waals surface area (Å²) in [6, 6.07) is 12.6. The van der Waals surface area contributed by atoms with Crippen LogP contribution in [-0.4, -0.2) is 14.1 Å². The molecule has 0 aliphatic rings. The van der Waals surface area contributed by atoms with Crippen molar-refractivity contribution >= 4 is 26.5 Å². The van der Waals surface area contributed by atoms with Gasteiger partial charge >= 0.3 is 0 Å². The lowest BCUT2D eigenvalue weighted by atomic mass is 10.1. The molecule has 0 saturated carbocycles. The van der Waals surface area contributed by atoms with Gasteiger partial charge in [-0.05, 0) is 24.8 Å². The number of nitrogens with one attached hydrogen (secondary N) is 1. The third kappa shape index (κ3) is 2.93. The molecule has 0 bridgehead atoms. The van der Waals surface area contributed by atoms with Gasteiger partial charge in [-0.3, -0.25) is 0 Å². The second-order valence-electron chi connectivity index (χ2n) is 4.27. The molecule has 0 atom stereocenters. The van der Waals surface area contributed by atoms with Gasteiger partial charge in [0.05, 0.1) is 4.90 Å². The SMILES string of the molecule is CC/C(C)=N\NS(=O)(=O)c1cccc2ccccc12. The van der Waals surface area contributed by atoms with Crippen molar-refractivity contribution < 1.29 is 8.42 Å². The molecule has 5 heteroatoms. The monoisotopic (exact) mass is 276 g/mol. The summed E-state index contributed by atoms with van der Waals surface area (Å²) in [5, 5.41) is 5.46. The first-order valence-corrected chi connectivity index (χ1v) is 7.55. The predicted molar refractivity (Wildman–Crippen MR) is 77.7 cm³/mol. The lowest BCUT2D eigenvalue weighted by Gasteiger charge is -2.07. The Labute approximate surface area is 113 Å². The maximum absolute atomic E-state index is 12.2. The molecule has 100 valence electrons. The van der Waals surface area contributed by atoms with Gasteiger partial charge in [0, 0.05) is 11.1 Å². The number of rotatable bonds is 4. The molecule has 0 spiro atoms. The van der Waals surface area contributed by atoms with Gasteiger partial charge in [0.15, 0.2) is 0 Å². The first kappa shape index (κ1) is 13.5. The lowest BCUT2D eigenvalue weighted by Crippen LogP contribution is -2.19. The molecule has 2 aromatic carbocycles. The fourth-order valence-corrected chi connectivity index (χ4v) is 2.80. The van der Waals surface area contributed by atoms with E-state index in [0.717, 1.165) is 11.1 Å². The molecule has 0 radical (unpaired) electrons. The molecular weight excluding hydrogens is 260 g/mol. The standard InChI is InChI=1S/C14H16N2O2S/c1-3-11(2)15-16-19(17,18)14-10-6-8-12-7-4-5-9-13(12)14/h4-10,16H,3H2,1-2H3/b15-11-. The highest BCUT2D eigenvalue weighted by Crippen LogP contribution is 2.22. The summed E-state index contributed by atoms with van der Waals surface area (Å²) in [6.45, 7) is 3.71. The molecule has 0 aliphatic carbocycles. The normalized spacial score (nSPS) is 12.6. The van der Waals surface area contributed by atoms with Crippen molar-refractivity contribution in [3.63, 3.8) is 0 Å². The number of nitrogens with zero attached hydrogens (tertiary/aromatic N) is 1. The van der Waals surface area contributed by atoms with Crippen LogP contribution in [0.3, 0.4) is 0 Å². The molecule has 0 amide bonds. The zero-order valence-corrected chi connectivity index (χ0v) is 11.7. The van der Waals surface area contributed by atoms with Crippen LogP contribution in [0.25, 0.3) is 10.8 Å². The number of hydrazone groups is 1. The van der Waals surface area contributed by atoms with Crippen LogP contribution in [0.15, 0.2) is 52.5 Å². The van der Waals surface area contributed by atoms with E-state index >= 15 is 0 Å². The first-order chi connectivity index (χ1) is 9.04. The summed E-state index contributed by atoms with van der Waals surface area (Å²) >= 11 is 0. The van der Waals surface area contributed by atoms with Crippen molar-refractivity contribution in [3.05, 3.63) is 42.5 Å². The van der Waals surface area contributed by atoms with Gasteiger partial charge in [-0.1, -0.05) is 43.3 Å². The summed E-state index contributed by atoms with van der Waals surface area (Å²) in [5.74, 6) is 0. The third-order valence-corrected chi connectivity index (χ3v) is 4.17. The van der Waals surface area contributed by atoms with Crippen molar-refractivity contribution in [2.75, 3.05) is 0 Å². The summed E-state index contributed by atoms with van der Waals surface area (Å²) < 4.78 is 24.5. The molecule has 0 fully saturated rings. The Kier molecular flexibility index (Phi) is 3.85. The predicted octanol–water partition coefficient (Wildman–Crippen LogP) is 2.90. The van der Waals surface area contributed by atoms with Gasteiger partial charge in [0.1, 0.15) is 0 Å². The van der Waals surface area contributed by atoms with Crippen molar-refractivity contribution in [2.24, 2.45) is 5.10 Å². The Morgan fingerprint density at radius 3 is 2.58 bits per heavy atom. The quantitative estimate of drug-likeness (QED) is 0.689. The van der Waals surface area contributed by atoms with Gasteiger partial charge in [0.25, 0.3) is 10.0 Å². The van der Waals surface area contributed by atoms with E-state index in [-0.39, 0.29) is 4.90 Å². The smallest absolute Gasteiger partial charge is 0.200 e. The van der Waals surface area contributed by atoms with E-state index in [4.69, 9.17) is 0 Å². The van der Waals surface area contributed by atoms with Crippen LogP contribution in [0.5, 0.6) is 0 Å². The van der Waals surface area contributed by atoms with Crippen LogP contribution >= 0.6 is 0 Å². The zero-order valence-electron chi connectivity index (χ0n) is 10.9. The minimum atomic E-state index is -3.63. The molecule has 2 rings (SSSR count). The third-order valence-electron chi connectivity index (χ3n) is 2.91. The Bertz CT molecular complexity index is 716. The van der Waals surface area contributed by atoms with E-state index in [1.165, 1.54) is 0 Å². The highest BCUT2D eigenvalue weighted by atomic mass is 32.2. The highest BCUT2D eigenvalue weighted by Gasteiger charge is 2.16. The summed E-state index contributed by atoms with van der Waals surface area (Å²) in [5.41, 5.74) is 0.740. The van der Waals surface area contributed by atoms with E-state index < -0.39 is 10.0 Å². The summed E-state index contributed by atoms with van der Waals surface area (Å²) in [6.07, 6.45) is 0.706. The molecule has 0 heterocycles. The van der Waals surface area contributed by atoms with Gasteiger partial charge in [0.2, 0.25) is 0 Å². The first-order valence-electron chi connectivity index (χ1n) is 6.07. The molecule has 19 heavy (non-hydrogen) atoms. The van der Waals surface area contributed by atoms with Crippen molar-refractivity contribution in [1.29, 1.82) is 0 Å². The fourth-order valence-electron chi connectivity index (χ4n) is 1.70. The van der Waals surface area contributed by atoms with E-state index in [1.54, 1.807) is 25.1 Å². The van der Waals surface area contributed by atoms with Gasteiger partial charge < -0.3 is 0 Å². The number of benzene rings is 2. The van der Waals surface area contributed by atoms with Gasteiger partial charge in [-0.15, -0.1) is 0 Å². The van der Waals surface area contributed by atoms with Crippen molar-refractivity contribution in [1.82, 2.24) is 4.83 Å². The Hall–Kier alpha value is -1.88. The molecule has 0 aromatic heterocycles. The molecule has 1 N–H and O–H groups in total. The van der Waals surface area contributed by atoms with Crippen LogP contribution in [0.4, 0.5) is 0 Å². The number of fused-ring (bicyclic) bond motifs is 1. The molecular formula is C14H16N2O2S. The Morgan fingerprint density at radius 1 is 1.16 bits per heavy atom. The fraction of sp³-hybridized carbons (Fsp3) is 0.214. The minimum absolute atomic E-state index is 0.248. The second kappa shape index (κ2) is 5.40. The van der Waals surface area contributed by atoms with E-state index in [0.29, 0.717) is 11.8 Å². The lowest BCUT2D eigenvalue weighted by molar-refractivity contribution is 0.585. The van der Waals surface area contributed by atoms with Crippen molar-refractivity contribution in [2.45, 2.75) is 25.2 Å². The zero-order chi connectivity index (χ0) is 13.9. The Morgan fingerprint density at radius 2 is 1.84 bits per heavy atom. The van der Waals surface area contributed by atoms with Crippen LogP contribution < -0.4 is 4.83 Å². The van der Waals surface area contributed by atoms with Crippen LogP contribution in [0.2, 0.25) is 0 Å².